The van der Waals surface area contributed by atoms with Crippen LogP contribution in [0.5, 0.6) is 0 Å². The Kier molecular flexibility index (Phi) is 2.85. The quantitative estimate of drug-likeness (QED) is 0.914. The predicted octanol–water partition coefficient (Wildman–Crippen LogP) is 1.04. The fourth-order valence-electron chi connectivity index (χ4n) is 2.78. The van der Waals surface area contributed by atoms with Crippen molar-refractivity contribution in [2.75, 3.05) is 6.54 Å². The number of aromatic nitrogens is 3. The molecular formula is C14H13FN4O3. The summed E-state index contributed by atoms with van der Waals surface area (Å²) in [5.41, 5.74) is -0.591. The monoisotopic (exact) mass is 304 g/mol. The van der Waals surface area contributed by atoms with Gasteiger partial charge in [0.05, 0.1) is 0 Å². The third-order valence-electron chi connectivity index (χ3n) is 4.06. The molecule has 3 heterocycles. The average molecular weight is 304 g/mol. The zero-order valence-corrected chi connectivity index (χ0v) is 11.6. The lowest BCUT2D eigenvalue weighted by atomic mass is 10.1. The highest BCUT2D eigenvalue weighted by Gasteiger charge is 2.43. The van der Waals surface area contributed by atoms with Crippen LogP contribution in [0.4, 0.5) is 4.39 Å². The Morgan fingerprint density at radius 2 is 2.09 bits per heavy atom. The lowest BCUT2D eigenvalue weighted by Crippen LogP contribution is -2.28. The summed E-state index contributed by atoms with van der Waals surface area (Å²) in [5.74, 6) is -1.01. The second-order valence-electron chi connectivity index (χ2n) is 5.61. The van der Waals surface area contributed by atoms with E-state index in [4.69, 9.17) is 4.52 Å². The first-order valence-electron chi connectivity index (χ1n) is 7.17. The van der Waals surface area contributed by atoms with Crippen molar-refractivity contribution in [3.8, 4) is 11.5 Å². The minimum Gasteiger partial charge on any atom is -0.339 e. The van der Waals surface area contributed by atoms with Crippen molar-refractivity contribution in [3.63, 3.8) is 0 Å². The van der Waals surface area contributed by atoms with Crippen molar-refractivity contribution in [1.29, 1.82) is 0 Å². The highest BCUT2D eigenvalue weighted by Crippen LogP contribution is 2.36. The smallest absolute Gasteiger partial charge is 0.248 e. The first-order chi connectivity index (χ1) is 10.6. The normalized spacial score (nSPS) is 21.6. The highest BCUT2D eigenvalue weighted by atomic mass is 19.1. The summed E-state index contributed by atoms with van der Waals surface area (Å²) < 4.78 is 18.8. The number of hydrogen-bond acceptors (Lipinski definition) is 5. The Balaban J connectivity index is 1.63. The second kappa shape index (κ2) is 4.75. The van der Waals surface area contributed by atoms with Gasteiger partial charge in [0, 0.05) is 18.7 Å². The number of carbonyl (C=O) groups is 1. The standard InChI is InChI=1S/C14H13FN4O3/c15-9-3-4-10(20)16-11(9)12-17-13(22-18-12)8-5-6-19(14(8)21)7-1-2-7/h3-4,7-8H,1-2,5-6H2,(H,16,20). The van der Waals surface area contributed by atoms with Gasteiger partial charge in [-0.3, -0.25) is 9.59 Å². The first kappa shape index (κ1) is 13.2. The van der Waals surface area contributed by atoms with E-state index in [0.29, 0.717) is 19.0 Å². The summed E-state index contributed by atoms with van der Waals surface area (Å²) in [5, 5.41) is 3.69. The van der Waals surface area contributed by atoms with Crippen LogP contribution in [0.25, 0.3) is 11.5 Å². The van der Waals surface area contributed by atoms with E-state index in [1.165, 1.54) is 0 Å². The molecule has 1 aliphatic heterocycles. The molecule has 1 saturated heterocycles. The number of likely N-dealkylation sites (tertiary alicyclic amines) is 1. The van der Waals surface area contributed by atoms with Crippen LogP contribution in [-0.4, -0.2) is 38.5 Å². The van der Waals surface area contributed by atoms with Gasteiger partial charge in [0.2, 0.25) is 23.2 Å². The number of hydrogen-bond donors (Lipinski definition) is 1. The molecule has 2 fully saturated rings. The molecule has 1 amide bonds. The number of rotatable bonds is 3. The summed E-state index contributed by atoms with van der Waals surface area (Å²) in [6, 6.07) is 2.47. The highest BCUT2D eigenvalue weighted by molar-refractivity contribution is 5.85. The van der Waals surface area contributed by atoms with Crippen LogP contribution in [0.3, 0.4) is 0 Å². The molecule has 2 aromatic heterocycles. The number of aromatic amines is 1. The predicted molar refractivity (Wildman–Crippen MR) is 72.4 cm³/mol. The number of nitrogens with one attached hydrogen (secondary N) is 1. The van der Waals surface area contributed by atoms with Gasteiger partial charge in [-0.25, -0.2) is 4.39 Å². The number of amides is 1. The maximum absolute atomic E-state index is 13.7. The van der Waals surface area contributed by atoms with Crippen molar-refractivity contribution >= 4 is 5.91 Å². The lowest BCUT2D eigenvalue weighted by molar-refractivity contribution is -0.129. The number of carbonyl (C=O) groups excluding carboxylic acids is 1. The molecule has 1 atom stereocenters. The molecular weight excluding hydrogens is 291 g/mol. The number of halogens is 1. The average Bonchev–Trinajstić information content (AvgIpc) is 3.10. The first-order valence-corrected chi connectivity index (χ1v) is 7.17. The van der Waals surface area contributed by atoms with Crippen molar-refractivity contribution in [1.82, 2.24) is 20.0 Å². The number of pyridine rings is 1. The molecule has 2 aliphatic rings. The van der Waals surface area contributed by atoms with Gasteiger partial charge in [0.25, 0.3) is 0 Å². The Morgan fingerprint density at radius 1 is 1.27 bits per heavy atom. The molecule has 1 aliphatic carbocycles. The molecule has 8 heteroatoms. The molecule has 0 radical (unpaired) electrons. The van der Waals surface area contributed by atoms with Crippen molar-refractivity contribution < 1.29 is 13.7 Å². The van der Waals surface area contributed by atoms with E-state index in [0.717, 1.165) is 25.0 Å². The molecule has 2 aromatic rings. The topological polar surface area (TPSA) is 92.1 Å². The van der Waals surface area contributed by atoms with Gasteiger partial charge in [-0.1, -0.05) is 5.16 Å². The number of H-pyrrole nitrogens is 1. The van der Waals surface area contributed by atoms with Gasteiger partial charge >= 0.3 is 0 Å². The van der Waals surface area contributed by atoms with Crippen molar-refractivity contribution in [2.45, 2.75) is 31.2 Å². The Morgan fingerprint density at radius 3 is 2.86 bits per heavy atom. The van der Waals surface area contributed by atoms with Gasteiger partial charge in [0.1, 0.15) is 11.6 Å². The maximum Gasteiger partial charge on any atom is 0.248 e. The largest absolute Gasteiger partial charge is 0.339 e. The van der Waals surface area contributed by atoms with Crippen LogP contribution in [0.2, 0.25) is 0 Å². The molecule has 0 bridgehead atoms. The Labute approximate surface area is 124 Å². The molecule has 114 valence electrons. The summed E-state index contributed by atoms with van der Waals surface area (Å²) in [6.07, 6.45) is 2.71. The summed E-state index contributed by atoms with van der Waals surface area (Å²) in [6.45, 7) is 0.683. The summed E-state index contributed by atoms with van der Waals surface area (Å²) >= 11 is 0. The van der Waals surface area contributed by atoms with Crippen LogP contribution < -0.4 is 5.56 Å². The van der Waals surface area contributed by atoms with Crippen LogP contribution >= 0.6 is 0 Å². The minimum absolute atomic E-state index is 0.0141. The molecule has 1 unspecified atom stereocenters. The molecule has 7 nitrogen and oxygen atoms in total. The van der Waals surface area contributed by atoms with E-state index in [9.17, 15) is 14.0 Å². The van der Waals surface area contributed by atoms with Crippen LogP contribution in [0.1, 0.15) is 31.1 Å². The van der Waals surface area contributed by atoms with Gasteiger partial charge in [0.15, 0.2) is 5.82 Å². The lowest BCUT2D eigenvalue weighted by Gasteiger charge is -2.13. The Hall–Kier alpha value is -2.51. The fourth-order valence-corrected chi connectivity index (χ4v) is 2.78. The van der Waals surface area contributed by atoms with Crippen molar-refractivity contribution in [2.24, 2.45) is 0 Å². The van der Waals surface area contributed by atoms with Gasteiger partial charge in [-0.15, -0.1) is 0 Å². The zero-order chi connectivity index (χ0) is 15.3. The van der Waals surface area contributed by atoms with E-state index in [1.807, 2.05) is 4.90 Å². The maximum atomic E-state index is 13.7. The molecule has 22 heavy (non-hydrogen) atoms. The van der Waals surface area contributed by atoms with Gasteiger partial charge in [-0.2, -0.15) is 4.98 Å². The zero-order valence-electron chi connectivity index (χ0n) is 11.6. The van der Waals surface area contributed by atoms with Crippen LogP contribution in [0, 0.1) is 5.82 Å². The van der Waals surface area contributed by atoms with Crippen LogP contribution in [-0.2, 0) is 4.79 Å². The SMILES string of the molecule is O=C1C(c2nc(-c3[nH]c(=O)ccc3F)no2)CCN1C1CC1. The molecule has 1 N–H and O–H groups in total. The third kappa shape index (κ3) is 2.11. The van der Waals surface area contributed by atoms with Gasteiger partial charge < -0.3 is 14.4 Å². The van der Waals surface area contributed by atoms with E-state index in [-0.39, 0.29) is 23.3 Å². The number of nitrogens with zero attached hydrogens (tertiary/aromatic N) is 3. The van der Waals surface area contributed by atoms with E-state index >= 15 is 0 Å². The molecule has 1 saturated carbocycles. The van der Waals surface area contributed by atoms with Crippen LogP contribution in [0.15, 0.2) is 21.5 Å². The van der Waals surface area contributed by atoms with E-state index in [2.05, 4.69) is 15.1 Å². The van der Waals surface area contributed by atoms with E-state index in [1.54, 1.807) is 0 Å². The second-order valence-corrected chi connectivity index (χ2v) is 5.61. The van der Waals surface area contributed by atoms with Gasteiger partial charge in [-0.05, 0) is 25.3 Å². The fraction of sp³-hybridized carbons (Fsp3) is 0.429. The minimum atomic E-state index is -0.649. The molecule has 0 aromatic carbocycles. The summed E-state index contributed by atoms with van der Waals surface area (Å²) in [7, 11) is 0. The third-order valence-corrected chi connectivity index (χ3v) is 4.06. The Bertz CT molecular complexity index is 795. The van der Waals surface area contributed by atoms with Crippen molar-refractivity contribution in [3.05, 3.63) is 34.2 Å². The molecule has 4 rings (SSSR count). The van der Waals surface area contributed by atoms with E-state index < -0.39 is 17.3 Å². The molecule has 0 spiro atoms. The summed E-state index contributed by atoms with van der Waals surface area (Å²) in [4.78, 5) is 31.9.